The molecule has 0 spiro atoms. The highest BCUT2D eigenvalue weighted by Gasteiger charge is 2.25. The highest BCUT2D eigenvalue weighted by molar-refractivity contribution is 5.80. The van der Waals surface area contributed by atoms with Crippen molar-refractivity contribution >= 4 is 5.96 Å². The third-order valence-electron chi connectivity index (χ3n) is 4.90. The molecule has 0 amide bonds. The molecule has 1 N–H and O–H groups in total. The molecule has 2 rings (SSSR count). The minimum absolute atomic E-state index is 0.648. The average Bonchev–Trinajstić information content (AvgIpc) is 3.15. The first-order chi connectivity index (χ1) is 10.2. The number of aliphatic imine (C=N–C) groups is 1. The summed E-state index contributed by atoms with van der Waals surface area (Å²) < 4.78 is 5.26. The maximum atomic E-state index is 5.26. The van der Waals surface area contributed by atoms with Crippen molar-refractivity contribution in [1.82, 2.24) is 15.1 Å². The number of nitrogens with one attached hydrogen (secondary N) is 1. The molecule has 1 aliphatic heterocycles. The molecule has 122 valence electrons. The molecule has 1 unspecified atom stereocenters. The van der Waals surface area contributed by atoms with Crippen LogP contribution in [0, 0.1) is 5.92 Å². The van der Waals surface area contributed by atoms with E-state index in [9.17, 15) is 0 Å². The number of hydrogen-bond acceptors (Lipinski definition) is 3. The fourth-order valence-corrected chi connectivity index (χ4v) is 3.60. The van der Waals surface area contributed by atoms with Gasteiger partial charge in [-0.1, -0.05) is 12.8 Å². The second-order valence-corrected chi connectivity index (χ2v) is 6.45. The first kappa shape index (κ1) is 16.6. The lowest BCUT2D eigenvalue weighted by atomic mass is 10.1. The molecule has 0 aromatic heterocycles. The van der Waals surface area contributed by atoms with E-state index in [2.05, 4.69) is 27.2 Å². The first-order valence-electron chi connectivity index (χ1n) is 8.39. The van der Waals surface area contributed by atoms with E-state index in [1.165, 1.54) is 32.1 Å². The van der Waals surface area contributed by atoms with Gasteiger partial charge in [0.1, 0.15) is 0 Å². The minimum Gasteiger partial charge on any atom is -0.384 e. The van der Waals surface area contributed by atoms with Crippen LogP contribution in [0.5, 0.6) is 0 Å². The number of rotatable bonds is 6. The molecule has 0 radical (unpaired) electrons. The van der Waals surface area contributed by atoms with Gasteiger partial charge in [0.15, 0.2) is 5.96 Å². The molecule has 0 aromatic rings. The Morgan fingerprint density at radius 1 is 1.33 bits per heavy atom. The van der Waals surface area contributed by atoms with E-state index in [4.69, 9.17) is 4.74 Å². The van der Waals surface area contributed by atoms with Crippen LogP contribution in [-0.4, -0.2) is 75.8 Å². The summed E-state index contributed by atoms with van der Waals surface area (Å²) in [6.07, 6.45) is 6.75. The Bertz CT molecular complexity index is 328. The summed E-state index contributed by atoms with van der Waals surface area (Å²) in [6, 6.07) is 0.798. The van der Waals surface area contributed by atoms with Crippen LogP contribution in [0.4, 0.5) is 0 Å². The van der Waals surface area contributed by atoms with Gasteiger partial charge in [-0.15, -0.1) is 0 Å². The number of nitrogens with zero attached hydrogens (tertiary/aromatic N) is 3. The fourth-order valence-electron chi connectivity index (χ4n) is 3.60. The smallest absolute Gasteiger partial charge is 0.193 e. The largest absolute Gasteiger partial charge is 0.384 e. The van der Waals surface area contributed by atoms with E-state index in [0.29, 0.717) is 5.92 Å². The second-order valence-electron chi connectivity index (χ2n) is 6.45. The molecule has 2 fully saturated rings. The lowest BCUT2D eigenvalue weighted by Gasteiger charge is -2.26. The van der Waals surface area contributed by atoms with Crippen molar-refractivity contribution in [3.8, 4) is 0 Å². The Morgan fingerprint density at radius 3 is 2.76 bits per heavy atom. The van der Waals surface area contributed by atoms with Crippen molar-refractivity contribution in [3.63, 3.8) is 0 Å². The summed E-state index contributed by atoms with van der Waals surface area (Å²) in [5.74, 6) is 1.70. The van der Waals surface area contributed by atoms with Gasteiger partial charge in [-0.3, -0.25) is 4.99 Å². The number of likely N-dealkylation sites (tertiary alicyclic amines) is 1. The van der Waals surface area contributed by atoms with E-state index in [1.54, 1.807) is 7.11 Å². The molecule has 1 saturated heterocycles. The van der Waals surface area contributed by atoms with Crippen LogP contribution in [-0.2, 0) is 4.74 Å². The number of ether oxygens (including phenoxy) is 1. The molecule has 1 atom stereocenters. The molecule has 5 heteroatoms. The highest BCUT2D eigenvalue weighted by atomic mass is 16.5. The Labute approximate surface area is 129 Å². The fraction of sp³-hybridized carbons (Fsp3) is 0.938. The van der Waals surface area contributed by atoms with E-state index < -0.39 is 0 Å². The van der Waals surface area contributed by atoms with Crippen molar-refractivity contribution in [2.75, 3.05) is 54.0 Å². The zero-order chi connectivity index (χ0) is 15.1. The SMILES string of the molecule is CN=C(NCCN(C)C1CCCC1)N1CCC(COC)C1. The van der Waals surface area contributed by atoms with Crippen LogP contribution >= 0.6 is 0 Å². The zero-order valence-electron chi connectivity index (χ0n) is 14.0. The van der Waals surface area contributed by atoms with E-state index in [-0.39, 0.29) is 0 Å². The molecule has 1 saturated carbocycles. The molecular weight excluding hydrogens is 264 g/mol. The summed E-state index contributed by atoms with van der Waals surface area (Å²) in [5, 5.41) is 3.52. The van der Waals surface area contributed by atoms with E-state index >= 15 is 0 Å². The van der Waals surface area contributed by atoms with Gasteiger partial charge >= 0.3 is 0 Å². The van der Waals surface area contributed by atoms with E-state index in [1.807, 2.05) is 7.05 Å². The standard InChI is InChI=1S/C16H32N4O/c1-17-16(20-10-8-14(12-20)13-21-3)18-9-11-19(2)15-6-4-5-7-15/h14-15H,4-13H2,1-3H3,(H,17,18). The van der Waals surface area contributed by atoms with Crippen molar-refractivity contribution in [2.45, 2.75) is 38.1 Å². The summed E-state index contributed by atoms with van der Waals surface area (Å²) >= 11 is 0. The van der Waals surface area contributed by atoms with Gasteiger partial charge in [-0.25, -0.2) is 0 Å². The van der Waals surface area contributed by atoms with Crippen LogP contribution < -0.4 is 5.32 Å². The number of hydrogen-bond donors (Lipinski definition) is 1. The molecule has 21 heavy (non-hydrogen) atoms. The lowest BCUT2D eigenvalue weighted by Crippen LogP contribution is -2.44. The van der Waals surface area contributed by atoms with Crippen molar-refractivity contribution in [3.05, 3.63) is 0 Å². The molecule has 0 aromatic carbocycles. The summed E-state index contributed by atoms with van der Waals surface area (Å²) in [4.78, 5) is 9.30. The molecule has 5 nitrogen and oxygen atoms in total. The third kappa shape index (κ3) is 4.85. The predicted molar refractivity (Wildman–Crippen MR) is 87.8 cm³/mol. The molecule has 1 heterocycles. The van der Waals surface area contributed by atoms with Crippen LogP contribution in [0.25, 0.3) is 0 Å². The molecular formula is C16H32N4O. The van der Waals surface area contributed by atoms with Crippen LogP contribution in [0.15, 0.2) is 4.99 Å². The Balaban J connectivity index is 1.68. The van der Waals surface area contributed by atoms with Crippen molar-refractivity contribution in [1.29, 1.82) is 0 Å². The first-order valence-corrected chi connectivity index (χ1v) is 8.39. The van der Waals surface area contributed by atoms with Gasteiger partial charge in [0.2, 0.25) is 0 Å². The van der Waals surface area contributed by atoms with Gasteiger partial charge in [-0.05, 0) is 26.3 Å². The maximum absolute atomic E-state index is 5.26. The Hall–Kier alpha value is -0.810. The zero-order valence-corrected chi connectivity index (χ0v) is 14.0. The summed E-state index contributed by atoms with van der Waals surface area (Å²) in [7, 11) is 5.92. The van der Waals surface area contributed by atoms with Crippen molar-refractivity contribution in [2.24, 2.45) is 10.9 Å². The minimum atomic E-state index is 0.648. The Morgan fingerprint density at radius 2 is 2.10 bits per heavy atom. The molecule has 0 bridgehead atoms. The average molecular weight is 296 g/mol. The monoisotopic (exact) mass is 296 g/mol. The second kappa shape index (κ2) is 8.59. The number of methoxy groups -OCH3 is 1. The summed E-state index contributed by atoms with van der Waals surface area (Å²) in [5.41, 5.74) is 0. The number of likely N-dealkylation sites (N-methyl/N-ethyl adjacent to an activating group) is 1. The topological polar surface area (TPSA) is 40.1 Å². The maximum Gasteiger partial charge on any atom is 0.193 e. The number of guanidine groups is 1. The normalized spacial score (nSPS) is 24.3. The Kier molecular flexibility index (Phi) is 6.77. The van der Waals surface area contributed by atoms with Crippen LogP contribution in [0.1, 0.15) is 32.1 Å². The van der Waals surface area contributed by atoms with Crippen LogP contribution in [0.2, 0.25) is 0 Å². The molecule has 2 aliphatic rings. The van der Waals surface area contributed by atoms with Gasteiger partial charge in [0.05, 0.1) is 6.61 Å². The van der Waals surface area contributed by atoms with Gasteiger partial charge in [0, 0.05) is 52.3 Å². The third-order valence-corrected chi connectivity index (χ3v) is 4.90. The van der Waals surface area contributed by atoms with Gasteiger partial charge in [-0.2, -0.15) is 0 Å². The highest BCUT2D eigenvalue weighted by Crippen LogP contribution is 2.21. The van der Waals surface area contributed by atoms with Crippen molar-refractivity contribution < 1.29 is 4.74 Å². The lowest BCUT2D eigenvalue weighted by molar-refractivity contribution is 0.157. The summed E-state index contributed by atoms with van der Waals surface area (Å²) in [6.45, 7) is 5.08. The van der Waals surface area contributed by atoms with Gasteiger partial charge in [0.25, 0.3) is 0 Å². The van der Waals surface area contributed by atoms with Gasteiger partial charge < -0.3 is 19.9 Å². The quantitative estimate of drug-likeness (QED) is 0.594. The van der Waals surface area contributed by atoms with Crippen LogP contribution in [0.3, 0.4) is 0 Å². The predicted octanol–water partition coefficient (Wildman–Crippen LogP) is 1.40. The van der Waals surface area contributed by atoms with E-state index in [0.717, 1.165) is 44.8 Å². The molecule has 1 aliphatic carbocycles.